The number of carbonyl (C=O) groups excluding carboxylic acids is 1. The number of hydrogen-bond acceptors (Lipinski definition) is 4. The van der Waals surface area contributed by atoms with Crippen LogP contribution in [0.3, 0.4) is 0 Å². The van der Waals surface area contributed by atoms with E-state index in [0.717, 1.165) is 16.7 Å². The molecule has 1 aliphatic rings. The lowest BCUT2D eigenvalue weighted by molar-refractivity contribution is 0.210. The predicted octanol–water partition coefficient (Wildman–Crippen LogP) is 4.79. The first-order valence-corrected chi connectivity index (χ1v) is 10.8. The van der Waals surface area contributed by atoms with E-state index in [4.69, 9.17) is 4.18 Å². The van der Waals surface area contributed by atoms with Crippen LogP contribution >= 0.6 is 0 Å². The van der Waals surface area contributed by atoms with Crippen LogP contribution in [-0.4, -0.2) is 21.1 Å². The van der Waals surface area contributed by atoms with Crippen molar-refractivity contribution in [1.29, 1.82) is 0 Å². The third-order valence-corrected chi connectivity index (χ3v) is 5.70. The summed E-state index contributed by atoms with van der Waals surface area (Å²) in [7, 11) is -4.33. The van der Waals surface area contributed by atoms with Gasteiger partial charge in [-0.1, -0.05) is 64.1 Å². The molecule has 1 N–H and O–H groups in total. The molecule has 1 amide bonds. The van der Waals surface area contributed by atoms with Gasteiger partial charge in [0.05, 0.1) is 11.4 Å². The number of benzene rings is 2. The molecular weight excluding hydrogens is 376 g/mol. The summed E-state index contributed by atoms with van der Waals surface area (Å²) < 4.78 is 32.7. The van der Waals surface area contributed by atoms with E-state index in [2.05, 4.69) is 4.72 Å². The SMILES string of the molecule is CC(C)c1cccc(C(C)C)c1NS(=O)(=O)OC(=O)N1CCc2ccccc21. The molecule has 2 aromatic rings. The van der Waals surface area contributed by atoms with Gasteiger partial charge in [-0.25, -0.2) is 4.79 Å². The van der Waals surface area contributed by atoms with Crippen LogP contribution in [0.2, 0.25) is 0 Å². The van der Waals surface area contributed by atoms with E-state index in [-0.39, 0.29) is 11.8 Å². The van der Waals surface area contributed by atoms with Crippen molar-refractivity contribution in [2.24, 2.45) is 0 Å². The molecule has 7 heteroatoms. The van der Waals surface area contributed by atoms with Crippen LogP contribution in [-0.2, 0) is 20.9 Å². The number of carbonyl (C=O) groups is 1. The highest BCUT2D eigenvalue weighted by atomic mass is 32.2. The summed E-state index contributed by atoms with van der Waals surface area (Å²) in [6.45, 7) is 8.36. The minimum absolute atomic E-state index is 0.109. The molecule has 0 radical (unpaired) electrons. The number of fused-ring (bicyclic) bond motifs is 1. The molecule has 0 fully saturated rings. The number of rotatable bonds is 5. The average molecular weight is 403 g/mol. The maximum atomic E-state index is 12.6. The first-order chi connectivity index (χ1) is 13.2. The van der Waals surface area contributed by atoms with E-state index < -0.39 is 16.4 Å². The van der Waals surface area contributed by atoms with Crippen LogP contribution < -0.4 is 9.62 Å². The lowest BCUT2D eigenvalue weighted by atomic mass is 9.93. The Morgan fingerprint density at radius 2 is 1.61 bits per heavy atom. The fraction of sp³-hybridized carbons (Fsp3) is 0.381. The molecule has 0 aromatic heterocycles. The second-order valence-electron chi connectivity index (χ2n) is 7.56. The van der Waals surface area contributed by atoms with Crippen molar-refractivity contribution in [3.8, 4) is 0 Å². The van der Waals surface area contributed by atoms with Gasteiger partial charge < -0.3 is 4.18 Å². The minimum Gasteiger partial charge on any atom is -0.311 e. The molecule has 1 aliphatic heterocycles. The first-order valence-electron chi connectivity index (χ1n) is 9.44. The summed E-state index contributed by atoms with van der Waals surface area (Å²) in [5.41, 5.74) is 3.89. The van der Waals surface area contributed by atoms with Gasteiger partial charge in [-0.3, -0.25) is 9.62 Å². The Hall–Kier alpha value is -2.54. The van der Waals surface area contributed by atoms with E-state index in [1.54, 1.807) is 6.07 Å². The van der Waals surface area contributed by atoms with Gasteiger partial charge >= 0.3 is 16.4 Å². The molecule has 0 aliphatic carbocycles. The summed E-state index contributed by atoms with van der Waals surface area (Å²) in [5, 5.41) is 0. The number of nitrogens with zero attached hydrogens (tertiary/aromatic N) is 1. The van der Waals surface area contributed by atoms with Crippen LogP contribution in [0, 0.1) is 0 Å². The van der Waals surface area contributed by atoms with E-state index in [1.807, 2.05) is 64.1 Å². The molecule has 2 aromatic carbocycles. The summed E-state index contributed by atoms with van der Waals surface area (Å²) in [6.07, 6.45) is -0.225. The molecule has 1 heterocycles. The summed E-state index contributed by atoms with van der Waals surface area (Å²) in [6, 6.07) is 13.1. The topological polar surface area (TPSA) is 75.7 Å². The number of para-hydroxylation sites is 2. The highest BCUT2D eigenvalue weighted by Gasteiger charge is 2.30. The molecule has 0 saturated carbocycles. The van der Waals surface area contributed by atoms with Crippen LogP contribution in [0.15, 0.2) is 42.5 Å². The normalized spacial score (nSPS) is 13.7. The highest BCUT2D eigenvalue weighted by Crippen LogP contribution is 2.33. The Labute approximate surface area is 166 Å². The Bertz CT molecular complexity index is 957. The van der Waals surface area contributed by atoms with E-state index >= 15 is 0 Å². The van der Waals surface area contributed by atoms with Crippen LogP contribution in [0.5, 0.6) is 0 Å². The Balaban J connectivity index is 1.85. The second-order valence-corrected chi connectivity index (χ2v) is 8.84. The van der Waals surface area contributed by atoms with E-state index in [0.29, 0.717) is 24.3 Å². The molecule has 28 heavy (non-hydrogen) atoms. The summed E-state index contributed by atoms with van der Waals surface area (Å²) >= 11 is 0. The van der Waals surface area contributed by atoms with Crippen molar-refractivity contribution >= 4 is 27.8 Å². The van der Waals surface area contributed by atoms with Crippen molar-refractivity contribution in [2.45, 2.75) is 46.0 Å². The second kappa shape index (κ2) is 7.83. The van der Waals surface area contributed by atoms with Gasteiger partial charge in [-0.2, -0.15) is 8.42 Å². The lowest BCUT2D eigenvalue weighted by Gasteiger charge is -2.21. The maximum Gasteiger partial charge on any atom is 0.431 e. The van der Waals surface area contributed by atoms with Crippen molar-refractivity contribution in [1.82, 2.24) is 0 Å². The van der Waals surface area contributed by atoms with Gasteiger partial charge in [0.25, 0.3) is 0 Å². The van der Waals surface area contributed by atoms with Crippen LogP contribution in [0.4, 0.5) is 16.2 Å². The molecule has 150 valence electrons. The largest absolute Gasteiger partial charge is 0.431 e. The number of nitrogens with one attached hydrogen (secondary N) is 1. The number of hydrogen-bond donors (Lipinski definition) is 1. The predicted molar refractivity (Wildman–Crippen MR) is 111 cm³/mol. The van der Waals surface area contributed by atoms with Crippen LogP contribution in [0.25, 0.3) is 0 Å². The Morgan fingerprint density at radius 1 is 1.00 bits per heavy atom. The molecule has 0 unspecified atom stereocenters. The van der Waals surface area contributed by atoms with Gasteiger partial charge in [0, 0.05) is 6.54 Å². The molecule has 0 saturated heterocycles. The van der Waals surface area contributed by atoms with Crippen LogP contribution in [0.1, 0.15) is 56.2 Å². The Kier molecular flexibility index (Phi) is 5.65. The van der Waals surface area contributed by atoms with E-state index in [1.165, 1.54) is 4.90 Å². The van der Waals surface area contributed by atoms with Gasteiger partial charge in [0.2, 0.25) is 0 Å². The zero-order chi connectivity index (χ0) is 20.5. The zero-order valence-electron chi connectivity index (χ0n) is 16.6. The first kappa shape index (κ1) is 20.2. The Morgan fingerprint density at radius 3 is 2.21 bits per heavy atom. The van der Waals surface area contributed by atoms with Gasteiger partial charge in [-0.15, -0.1) is 0 Å². The van der Waals surface area contributed by atoms with Crippen molar-refractivity contribution in [3.63, 3.8) is 0 Å². The van der Waals surface area contributed by atoms with Crippen molar-refractivity contribution in [3.05, 3.63) is 59.2 Å². The number of amides is 1. The monoisotopic (exact) mass is 402 g/mol. The molecular formula is C21H26N2O4S. The maximum absolute atomic E-state index is 12.6. The van der Waals surface area contributed by atoms with Crippen molar-refractivity contribution < 1.29 is 17.4 Å². The summed E-state index contributed by atoms with van der Waals surface area (Å²) in [5.74, 6) is 0.218. The quantitative estimate of drug-likeness (QED) is 0.780. The number of anilines is 2. The third-order valence-electron chi connectivity index (χ3n) is 4.89. The standard InChI is InChI=1S/C21H26N2O4S/c1-14(2)17-9-7-10-18(15(3)4)20(17)22-28(25,26)27-21(24)23-13-12-16-8-5-6-11-19(16)23/h5-11,14-15,22H,12-13H2,1-4H3. The van der Waals surface area contributed by atoms with Crippen molar-refractivity contribution in [2.75, 3.05) is 16.2 Å². The average Bonchev–Trinajstić information content (AvgIpc) is 3.05. The molecule has 0 spiro atoms. The molecule has 0 atom stereocenters. The molecule has 6 nitrogen and oxygen atoms in total. The molecule has 0 bridgehead atoms. The summed E-state index contributed by atoms with van der Waals surface area (Å²) in [4.78, 5) is 13.9. The van der Waals surface area contributed by atoms with Gasteiger partial charge in [-0.05, 0) is 41.0 Å². The van der Waals surface area contributed by atoms with Gasteiger partial charge in [0.1, 0.15) is 0 Å². The fourth-order valence-corrected chi connectivity index (χ4v) is 4.29. The fourth-order valence-electron chi connectivity index (χ4n) is 3.48. The lowest BCUT2D eigenvalue weighted by Crippen LogP contribution is -2.33. The third kappa shape index (κ3) is 4.14. The zero-order valence-corrected chi connectivity index (χ0v) is 17.4. The highest BCUT2D eigenvalue weighted by molar-refractivity contribution is 7.88. The smallest absolute Gasteiger partial charge is 0.311 e. The minimum atomic E-state index is -4.33. The van der Waals surface area contributed by atoms with Gasteiger partial charge in [0.15, 0.2) is 0 Å². The molecule has 3 rings (SSSR count). The van der Waals surface area contributed by atoms with E-state index in [9.17, 15) is 13.2 Å².